The van der Waals surface area contributed by atoms with Crippen LogP contribution >= 0.6 is 0 Å². The van der Waals surface area contributed by atoms with Crippen molar-refractivity contribution in [2.24, 2.45) is 5.41 Å². The first-order valence-electron chi connectivity index (χ1n) is 9.80. The van der Waals surface area contributed by atoms with E-state index in [4.69, 9.17) is 23.7 Å². The van der Waals surface area contributed by atoms with Crippen LogP contribution in [-0.2, 0) is 9.47 Å². The summed E-state index contributed by atoms with van der Waals surface area (Å²) < 4.78 is 29.5. The van der Waals surface area contributed by atoms with Crippen LogP contribution in [-0.4, -0.2) is 50.9 Å². The second-order valence-corrected chi connectivity index (χ2v) is 7.99. The summed E-state index contributed by atoms with van der Waals surface area (Å²) in [5.41, 5.74) is 0.451. The average molecular weight is 378 g/mol. The van der Waals surface area contributed by atoms with Crippen molar-refractivity contribution >= 4 is 0 Å². The van der Waals surface area contributed by atoms with E-state index in [1.807, 2.05) is 12.1 Å². The van der Waals surface area contributed by atoms with E-state index in [1.54, 1.807) is 28.3 Å². The average Bonchev–Trinajstić information content (AvgIpc) is 3.20. The third-order valence-corrected chi connectivity index (χ3v) is 6.84. The lowest BCUT2D eigenvalue weighted by atomic mass is 9.58. The van der Waals surface area contributed by atoms with Gasteiger partial charge in [-0.2, -0.15) is 0 Å². The van der Waals surface area contributed by atoms with Crippen molar-refractivity contribution in [2.45, 2.75) is 62.9 Å². The van der Waals surface area contributed by atoms with E-state index in [0.29, 0.717) is 23.9 Å². The summed E-state index contributed by atoms with van der Waals surface area (Å²) in [7, 11) is 4.85. The predicted octanol–water partition coefficient (Wildman–Crippen LogP) is 3.25. The highest BCUT2D eigenvalue weighted by molar-refractivity contribution is 5.55. The highest BCUT2D eigenvalue weighted by Gasteiger charge is 2.71. The maximum absolute atomic E-state index is 10.5. The summed E-state index contributed by atoms with van der Waals surface area (Å²) in [4.78, 5) is 0. The third kappa shape index (κ3) is 2.50. The van der Waals surface area contributed by atoms with Crippen molar-refractivity contribution in [3.8, 4) is 17.2 Å². The highest BCUT2D eigenvalue weighted by Crippen LogP contribution is 2.68. The lowest BCUT2D eigenvalue weighted by Crippen LogP contribution is -2.54. The van der Waals surface area contributed by atoms with Gasteiger partial charge >= 0.3 is 0 Å². The van der Waals surface area contributed by atoms with Gasteiger partial charge in [-0.05, 0) is 43.9 Å². The van der Waals surface area contributed by atoms with Crippen molar-refractivity contribution in [1.29, 1.82) is 0 Å². The van der Waals surface area contributed by atoms with Crippen LogP contribution in [0.5, 0.6) is 17.2 Å². The molecule has 3 fully saturated rings. The molecule has 1 N–H and O–H groups in total. The SMILES string of the molecule is COc1cc([C@H]2O[C@@H](C(C)O)[C@]34CCCC[C@]23CCO4)cc(OC)c1OC. The second kappa shape index (κ2) is 6.83. The van der Waals surface area contributed by atoms with E-state index in [1.165, 1.54) is 0 Å². The molecule has 1 aromatic rings. The first-order chi connectivity index (χ1) is 13.0. The molecule has 6 heteroatoms. The van der Waals surface area contributed by atoms with Crippen LogP contribution in [0.4, 0.5) is 0 Å². The minimum absolute atomic E-state index is 0.127. The van der Waals surface area contributed by atoms with Crippen molar-refractivity contribution in [1.82, 2.24) is 0 Å². The Morgan fingerprint density at radius 2 is 1.70 bits per heavy atom. The maximum atomic E-state index is 10.5. The Labute approximate surface area is 160 Å². The van der Waals surface area contributed by atoms with Crippen LogP contribution in [0.1, 0.15) is 50.7 Å². The molecule has 1 unspecified atom stereocenters. The molecule has 5 atom stereocenters. The molecule has 0 bridgehead atoms. The normalized spacial score (nSPS) is 36.0. The molecule has 1 aromatic carbocycles. The zero-order valence-corrected chi connectivity index (χ0v) is 16.6. The fourth-order valence-corrected chi connectivity index (χ4v) is 5.79. The molecule has 4 rings (SSSR count). The van der Waals surface area contributed by atoms with Crippen LogP contribution < -0.4 is 14.2 Å². The highest BCUT2D eigenvalue weighted by atomic mass is 16.6. The molecule has 2 saturated heterocycles. The molecule has 1 aliphatic carbocycles. The molecule has 3 aliphatic rings. The maximum Gasteiger partial charge on any atom is 0.203 e. The van der Waals surface area contributed by atoms with E-state index >= 15 is 0 Å². The Balaban J connectivity index is 1.84. The fraction of sp³-hybridized carbons (Fsp3) is 0.714. The number of hydrogen-bond acceptors (Lipinski definition) is 6. The summed E-state index contributed by atoms with van der Waals surface area (Å²) >= 11 is 0. The van der Waals surface area contributed by atoms with Gasteiger partial charge in [0.2, 0.25) is 5.75 Å². The Morgan fingerprint density at radius 3 is 2.30 bits per heavy atom. The number of benzene rings is 1. The standard InChI is InChI=1S/C21H30O6/c1-13(22)18-21-8-6-5-7-20(21,9-10-26-21)19(27-18)14-11-15(23-2)17(25-4)16(12-14)24-3/h11-13,18-19,22H,5-10H2,1-4H3/t13?,18-,19+,20-,21+/m0/s1. The largest absolute Gasteiger partial charge is 0.493 e. The van der Waals surface area contributed by atoms with Gasteiger partial charge in [-0.25, -0.2) is 0 Å². The number of aliphatic hydroxyl groups is 1. The van der Waals surface area contributed by atoms with Gasteiger partial charge in [-0.3, -0.25) is 0 Å². The summed E-state index contributed by atoms with van der Waals surface area (Å²) in [6.07, 6.45) is 4.09. The van der Waals surface area contributed by atoms with Crippen molar-refractivity contribution < 1.29 is 28.8 Å². The van der Waals surface area contributed by atoms with Gasteiger partial charge in [0.1, 0.15) is 11.7 Å². The van der Waals surface area contributed by atoms with E-state index in [9.17, 15) is 5.11 Å². The number of ether oxygens (including phenoxy) is 5. The first kappa shape index (κ1) is 18.8. The number of rotatable bonds is 5. The minimum atomic E-state index is -0.590. The van der Waals surface area contributed by atoms with E-state index in [-0.39, 0.29) is 17.6 Å². The van der Waals surface area contributed by atoms with E-state index < -0.39 is 11.7 Å². The van der Waals surface area contributed by atoms with Gasteiger partial charge in [-0.1, -0.05) is 12.8 Å². The van der Waals surface area contributed by atoms with E-state index in [2.05, 4.69) is 0 Å². The molecule has 150 valence electrons. The number of methoxy groups -OCH3 is 3. The van der Waals surface area contributed by atoms with Crippen LogP contribution in [0.25, 0.3) is 0 Å². The predicted molar refractivity (Wildman–Crippen MR) is 99.6 cm³/mol. The zero-order chi connectivity index (χ0) is 19.2. The lowest BCUT2D eigenvalue weighted by Gasteiger charge is -2.46. The van der Waals surface area contributed by atoms with Crippen molar-refractivity contribution in [3.05, 3.63) is 17.7 Å². The quantitative estimate of drug-likeness (QED) is 0.848. The fourth-order valence-electron chi connectivity index (χ4n) is 5.79. The molecule has 1 saturated carbocycles. The molecular formula is C21H30O6. The Morgan fingerprint density at radius 1 is 1.04 bits per heavy atom. The molecule has 6 nitrogen and oxygen atoms in total. The van der Waals surface area contributed by atoms with Crippen LogP contribution in [0, 0.1) is 5.41 Å². The van der Waals surface area contributed by atoms with Crippen LogP contribution in [0.3, 0.4) is 0 Å². The van der Waals surface area contributed by atoms with Gasteiger partial charge in [0.25, 0.3) is 0 Å². The van der Waals surface area contributed by atoms with Crippen molar-refractivity contribution in [3.63, 3.8) is 0 Å². The van der Waals surface area contributed by atoms with Crippen molar-refractivity contribution in [2.75, 3.05) is 27.9 Å². The molecule has 2 aliphatic heterocycles. The number of hydrogen-bond donors (Lipinski definition) is 1. The second-order valence-electron chi connectivity index (χ2n) is 7.99. The Kier molecular flexibility index (Phi) is 4.77. The molecular weight excluding hydrogens is 348 g/mol. The topological polar surface area (TPSA) is 66.4 Å². The molecule has 0 spiro atoms. The van der Waals surface area contributed by atoms with Gasteiger partial charge in [0.05, 0.1) is 33.5 Å². The Bertz CT molecular complexity index is 679. The third-order valence-electron chi connectivity index (χ3n) is 6.84. The molecule has 0 radical (unpaired) electrons. The van der Waals surface area contributed by atoms with E-state index in [0.717, 1.165) is 37.7 Å². The monoisotopic (exact) mass is 378 g/mol. The van der Waals surface area contributed by atoms with Gasteiger partial charge < -0.3 is 28.8 Å². The summed E-state index contributed by atoms with van der Waals surface area (Å²) in [6.45, 7) is 2.52. The Hall–Kier alpha value is -1.50. The lowest BCUT2D eigenvalue weighted by molar-refractivity contribution is -0.135. The molecule has 27 heavy (non-hydrogen) atoms. The number of aliphatic hydroxyl groups excluding tert-OH is 1. The molecule has 0 aromatic heterocycles. The zero-order valence-electron chi connectivity index (χ0n) is 16.6. The first-order valence-corrected chi connectivity index (χ1v) is 9.80. The van der Waals surface area contributed by atoms with Crippen LogP contribution in [0.15, 0.2) is 12.1 Å². The minimum Gasteiger partial charge on any atom is -0.493 e. The molecule has 0 amide bonds. The molecule has 2 heterocycles. The summed E-state index contributed by atoms with van der Waals surface area (Å²) in [6, 6.07) is 3.95. The smallest absolute Gasteiger partial charge is 0.203 e. The summed E-state index contributed by atoms with van der Waals surface area (Å²) in [5.74, 6) is 1.81. The summed E-state index contributed by atoms with van der Waals surface area (Å²) in [5, 5.41) is 10.5. The van der Waals surface area contributed by atoms with Crippen LogP contribution in [0.2, 0.25) is 0 Å². The van der Waals surface area contributed by atoms with Gasteiger partial charge in [0.15, 0.2) is 11.5 Å². The van der Waals surface area contributed by atoms with Gasteiger partial charge in [-0.15, -0.1) is 0 Å². The van der Waals surface area contributed by atoms with Gasteiger partial charge in [0, 0.05) is 12.0 Å².